The summed E-state index contributed by atoms with van der Waals surface area (Å²) in [5, 5.41) is 0. The van der Waals surface area contributed by atoms with Crippen LogP contribution in [0.2, 0.25) is 0 Å². The van der Waals surface area contributed by atoms with Crippen molar-refractivity contribution >= 4 is 11.6 Å². The summed E-state index contributed by atoms with van der Waals surface area (Å²) in [6.07, 6.45) is 4.14. The first-order chi connectivity index (χ1) is 13.7. The van der Waals surface area contributed by atoms with Crippen molar-refractivity contribution in [2.45, 2.75) is 25.8 Å². The molecule has 0 aliphatic carbocycles. The molecule has 2 aliphatic rings. The van der Waals surface area contributed by atoms with E-state index in [0.29, 0.717) is 11.7 Å². The van der Waals surface area contributed by atoms with Crippen molar-refractivity contribution in [1.82, 2.24) is 14.8 Å². The van der Waals surface area contributed by atoms with Gasteiger partial charge in [-0.2, -0.15) is 0 Å². The van der Waals surface area contributed by atoms with Gasteiger partial charge in [0.1, 0.15) is 11.4 Å². The fourth-order valence-electron chi connectivity index (χ4n) is 4.45. The molecule has 150 valence electrons. The highest BCUT2D eigenvalue weighted by molar-refractivity contribution is 5.92. The number of piperazine rings is 1. The van der Waals surface area contributed by atoms with Crippen LogP contribution in [-0.2, 0) is 0 Å². The van der Waals surface area contributed by atoms with Crippen molar-refractivity contribution in [1.29, 1.82) is 0 Å². The molecule has 3 heterocycles. The zero-order valence-corrected chi connectivity index (χ0v) is 16.9. The number of carbonyl (C=O) groups is 1. The molecule has 1 aromatic heterocycles. The molecule has 4 rings (SSSR count). The Hall–Kier alpha value is -2.47. The van der Waals surface area contributed by atoms with Crippen molar-refractivity contribution in [3.63, 3.8) is 0 Å². The second-order valence-electron chi connectivity index (χ2n) is 7.83. The lowest BCUT2D eigenvalue weighted by Crippen LogP contribution is -2.56. The Bertz CT molecular complexity index is 810. The second kappa shape index (κ2) is 8.27. The first-order valence-corrected chi connectivity index (χ1v) is 10.2. The Labute approximate surface area is 167 Å². The molecule has 2 aliphatic heterocycles. The molecule has 1 aromatic carbocycles. The number of piperidine rings is 1. The van der Waals surface area contributed by atoms with Crippen LogP contribution in [0.15, 0.2) is 36.5 Å². The van der Waals surface area contributed by atoms with E-state index in [1.54, 1.807) is 7.11 Å². The van der Waals surface area contributed by atoms with Gasteiger partial charge in [0.25, 0.3) is 5.91 Å². The van der Waals surface area contributed by atoms with Gasteiger partial charge in [-0.1, -0.05) is 12.1 Å². The number of H-pyrrole nitrogens is 1. The molecule has 1 atom stereocenters. The molecular weight excluding hydrogens is 352 g/mol. The Morgan fingerprint density at radius 1 is 1.14 bits per heavy atom. The molecule has 6 heteroatoms. The van der Waals surface area contributed by atoms with Crippen LogP contribution in [0, 0.1) is 6.92 Å². The molecule has 0 unspecified atom stereocenters. The Morgan fingerprint density at radius 2 is 1.93 bits per heavy atom. The summed E-state index contributed by atoms with van der Waals surface area (Å²) in [4.78, 5) is 22.9. The molecule has 0 radical (unpaired) electrons. The average Bonchev–Trinajstić information content (AvgIpc) is 3.19. The summed E-state index contributed by atoms with van der Waals surface area (Å²) in [5.41, 5.74) is 2.98. The first-order valence-electron chi connectivity index (χ1n) is 10.2. The number of nitrogens with zero attached hydrogens (tertiary/aromatic N) is 3. The van der Waals surface area contributed by atoms with Gasteiger partial charge >= 0.3 is 0 Å². The summed E-state index contributed by atoms with van der Waals surface area (Å²) in [6, 6.07) is 10.6. The van der Waals surface area contributed by atoms with E-state index in [0.717, 1.165) is 57.0 Å². The number of para-hydroxylation sites is 2. The van der Waals surface area contributed by atoms with Gasteiger partial charge in [-0.15, -0.1) is 0 Å². The molecule has 2 saturated heterocycles. The zero-order chi connectivity index (χ0) is 19.5. The summed E-state index contributed by atoms with van der Waals surface area (Å²) in [7, 11) is 1.73. The number of hydrogen-bond donors (Lipinski definition) is 1. The normalized spacial score (nSPS) is 21.0. The largest absolute Gasteiger partial charge is 0.495 e. The zero-order valence-electron chi connectivity index (χ0n) is 16.9. The fraction of sp³-hybridized carbons (Fsp3) is 0.500. The number of hydrogen-bond acceptors (Lipinski definition) is 4. The lowest BCUT2D eigenvalue weighted by atomic mass is 10.0. The van der Waals surface area contributed by atoms with E-state index in [9.17, 15) is 4.79 Å². The van der Waals surface area contributed by atoms with Gasteiger partial charge in [0, 0.05) is 51.5 Å². The van der Waals surface area contributed by atoms with Gasteiger partial charge in [0.05, 0.1) is 12.8 Å². The maximum Gasteiger partial charge on any atom is 0.270 e. The van der Waals surface area contributed by atoms with Crippen LogP contribution < -0.4 is 9.64 Å². The highest BCUT2D eigenvalue weighted by Crippen LogP contribution is 2.29. The maximum absolute atomic E-state index is 12.8. The maximum atomic E-state index is 12.8. The van der Waals surface area contributed by atoms with Crippen LogP contribution in [0.5, 0.6) is 5.75 Å². The monoisotopic (exact) mass is 382 g/mol. The Morgan fingerprint density at radius 3 is 2.64 bits per heavy atom. The number of ether oxygens (including phenoxy) is 1. The summed E-state index contributed by atoms with van der Waals surface area (Å²) in [5.74, 6) is 1.07. The lowest BCUT2D eigenvalue weighted by molar-refractivity contribution is 0.0558. The third-order valence-corrected chi connectivity index (χ3v) is 6.00. The van der Waals surface area contributed by atoms with Crippen molar-refractivity contribution in [2.24, 2.45) is 0 Å². The quantitative estimate of drug-likeness (QED) is 0.884. The third-order valence-electron chi connectivity index (χ3n) is 6.00. The van der Waals surface area contributed by atoms with Crippen LogP contribution in [-0.4, -0.2) is 73.1 Å². The molecule has 28 heavy (non-hydrogen) atoms. The third kappa shape index (κ3) is 3.87. The predicted molar refractivity (Wildman–Crippen MR) is 111 cm³/mol. The van der Waals surface area contributed by atoms with E-state index in [1.165, 1.54) is 12.1 Å². The van der Waals surface area contributed by atoms with Crippen LogP contribution in [0.3, 0.4) is 0 Å². The minimum Gasteiger partial charge on any atom is -0.495 e. The molecule has 0 spiro atoms. The molecule has 0 saturated carbocycles. The second-order valence-corrected chi connectivity index (χ2v) is 7.83. The number of aromatic nitrogens is 1. The van der Waals surface area contributed by atoms with Crippen molar-refractivity contribution < 1.29 is 9.53 Å². The Kier molecular flexibility index (Phi) is 5.57. The summed E-state index contributed by atoms with van der Waals surface area (Å²) < 4.78 is 5.52. The molecule has 2 aromatic rings. The number of aryl methyl sites for hydroxylation is 1. The molecular formula is C22H30N4O2. The number of benzene rings is 1. The van der Waals surface area contributed by atoms with Gasteiger partial charge in [-0.05, 0) is 43.5 Å². The molecule has 6 nitrogen and oxygen atoms in total. The van der Waals surface area contributed by atoms with Crippen LogP contribution in [0.1, 0.15) is 28.9 Å². The summed E-state index contributed by atoms with van der Waals surface area (Å²) in [6.45, 7) is 7.70. The molecule has 2 fully saturated rings. The van der Waals surface area contributed by atoms with E-state index in [-0.39, 0.29) is 5.91 Å². The number of amides is 1. The number of rotatable bonds is 4. The Balaban J connectivity index is 1.36. The number of nitrogens with one attached hydrogen (secondary N) is 1. The predicted octanol–water partition coefficient (Wildman–Crippen LogP) is 2.76. The number of anilines is 1. The number of carbonyl (C=O) groups excluding carboxylic acids is 1. The number of likely N-dealkylation sites (tertiary alicyclic amines) is 1. The van der Waals surface area contributed by atoms with E-state index in [1.807, 2.05) is 36.2 Å². The van der Waals surface area contributed by atoms with Gasteiger partial charge < -0.3 is 19.5 Å². The van der Waals surface area contributed by atoms with E-state index >= 15 is 0 Å². The highest BCUT2D eigenvalue weighted by atomic mass is 16.5. The van der Waals surface area contributed by atoms with Crippen molar-refractivity contribution in [3.05, 3.63) is 47.8 Å². The van der Waals surface area contributed by atoms with E-state index < -0.39 is 0 Å². The SMILES string of the molecule is COc1ccccc1N1CCN([C@H]2CCCN(C(=O)c3cc(C)c[nH]3)C2)CC1. The van der Waals surface area contributed by atoms with Gasteiger partial charge in [0.15, 0.2) is 0 Å². The van der Waals surface area contributed by atoms with Gasteiger partial charge in [-0.3, -0.25) is 9.69 Å². The number of methoxy groups -OCH3 is 1. The van der Waals surface area contributed by atoms with Crippen molar-refractivity contribution in [3.8, 4) is 5.75 Å². The minimum absolute atomic E-state index is 0.130. The highest BCUT2D eigenvalue weighted by Gasteiger charge is 2.31. The van der Waals surface area contributed by atoms with Crippen LogP contribution >= 0.6 is 0 Å². The van der Waals surface area contributed by atoms with Crippen LogP contribution in [0.25, 0.3) is 0 Å². The molecule has 1 N–H and O–H groups in total. The van der Waals surface area contributed by atoms with E-state index in [4.69, 9.17) is 4.74 Å². The summed E-state index contributed by atoms with van der Waals surface area (Å²) >= 11 is 0. The topological polar surface area (TPSA) is 51.8 Å². The minimum atomic E-state index is 0.130. The smallest absolute Gasteiger partial charge is 0.270 e. The molecule has 0 bridgehead atoms. The van der Waals surface area contributed by atoms with Crippen LogP contribution in [0.4, 0.5) is 5.69 Å². The van der Waals surface area contributed by atoms with Gasteiger partial charge in [0.2, 0.25) is 0 Å². The molecule has 1 amide bonds. The standard InChI is InChI=1S/C22H30N4O2/c1-17-14-19(23-15-17)22(27)26-9-5-6-18(16-26)24-10-12-25(13-11-24)20-7-3-4-8-21(20)28-2/h3-4,7-8,14-15,18,23H,5-6,9-13,16H2,1-2H3/t18-/m0/s1. The van der Waals surface area contributed by atoms with Crippen molar-refractivity contribution in [2.75, 3.05) is 51.3 Å². The fourth-order valence-corrected chi connectivity index (χ4v) is 4.45. The lowest BCUT2D eigenvalue weighted by Gasteiger charge is -2.44. The number of aromatic amines is 1. The van der Waals surface area contributed by atoms with Gasteiger partial charge in [-0.25, -0.2) is 0 Å². The first kappa shape index (κ1) is 18.9. The van der Waals surface area contributed by atoms with E-state index in [2.05, 4.69) is 26.9 Å². The average molecular weight is 383 g/mol.